The zero-order chi connectivity index (χ0) is 15.6. The van der Waals surface area contributed by atoms with Gasteiger partial charge in [-0.15, -0.1) is 9.05 Å². The van der Waals surface area contributed by atoms with Crippen LogP contribution in [0, 0.1) is 33.5 Å². The maximum absolute atomic E-state index is 11.7. The Labute approximate surface area is 122 Å². The first-order valence-electron chi connectivity index (χ1n) is 7.02. The van der Waals surface area contributed by atoms with Crippen molar-refractivity contribution < 1.29 is 13.6 Å². The second-order valence-corrected chi connectivity index (χ2v) is 5.93. The zero-order valence-electron chi connectivity index (χ0n) is 12.8. The molecule has 0 rings (SSSR count). The average molecular weight is 299 g/mol. The molecule has 0 aromatic carbocycles. The molecule has 112 valence electrons. The maximum atomic E-state index is 11.7. The lowest BCUT2D eigenvalue weighted by molar-refractivity contribution is 0.130. The Morgan fingerprint density at radius 1 is 0.850 bits per heavy atom. The van der Waals surface area contributed by atoms with Gasteiger partial charge in [-0.2, -0.15) is 10.5 Å². The van der Waals surface area contributed by atoms with Gasteiger partial charge in [0.2, 0.25) is 0 Å². The Bertz CT molecular complexity index is 354. The van der Waals surface area contributed by atoms with E-state index < -0.39 is 19.1 Å². The van der Waals surface area contributed by atoms with Crippen molar-refractivity contribution in [2.45, 2.75) is 53.4 Å². The molecule has 0 aromatic heterocycles. The summed E-state index contributed by atoms with van der Waals surface area (Å²) in [5.74, 6) is 0. The van der Waals surface area contributed by atoms with Crippen molar-refractivity contribution in [1.29, 1.82) is 10.5 Å². The monoisotopic (exact) mass is 299 g/mol. The second-order valence-electron chi connectivity index (χ2n) is 4.97. The molecule has 0 aromatic rings. The van der Waals surface area contributed by atoms with Crippen LogP contribution in [0.2, 0.25) is 0 Å². The van der Waals surface area contributed by atoms with Crippen LogP contribution in [0.15, 0.2) is 0 Å². The highest BCUT2D eigenvalue weighted by atomic mass is 31.1. The van der Waals surface area contributed by atoms with Crippen molar-refractivity contribution in [3.8, 4) is 12.1 Å². The van der Waals surface area contributed by atoms with Crippen LogP contribution in [0.25, 0.3) is 0 Å². The molecule has 5 nitrogen and oxygen atoms in total. The summed E-state index contributed by atoms with van der Waals surface area (Å²) >= 11 is 0. The Balaban J connectivity index is 4.40. The van der Waals surface area contributed by atoms with Crippen molar-refractivity contribution in [2.24, 2.45) is 10.8 Å². The molecule has 0 unspecified atom stereocenters. The van der Waals surface area contributed by atoms with E-state index in [1.165, 1.54) is 0 Å². The highest BCUT2D eigenvalue weighted by Gasteiger charge is 2.36. The van der Waals surface area contributed by atoms with E-state index in [9.17, 15) is 4.57 Å². The third-order valence-corrected chi connectivity index (χ3v) is 4.75. The molecule has 0 heterocycles. The summed E-state index contributed by atoms with van der Waals surface area (Å²) in [6, 6.07) is 4.43. The molecule has 0 aliphatic heterocycles. The van der Waals surface area contributed by atoms with Gasteiger partial charge in [-0.05, 0) is 25.7 Å². The quantitative estimate of drug-likeness (QED) is 0.560. The van der Waals surface area contributed by atoms with Crippen LogP contribution in [0.5, 0.6) is 0 Å². The fourth-order valence-corrected chi connectivity index (χ4v) is 2.46. The van der Waals surface area contributed by atoms with E-state index in [1.54, 1.807) is 0 Å². The number of nitriles is 2. The number of nitrogens with zero attached hydrogens (tertiary/aromatic N) is 2. The van der Waals surface area contributed by atoms with Crippen LogP contribution in [0.1, 0.15) is 53.4 Å². The zero-order valence-corrected chi connectivity index (χ0v) is 13.7. The molecule has 0 saturated carbocycles. The van der Waals surface area contributed by atoms with Crippen LogP contribution >= 0.6 is 8.25 Å². The maximum Gasteiger partial charge on any atom is 0.697 e. The average Bonchev–Trinajstić information content (AvgIpc) is 2.51. The van der Waals surface area contributed by atoms with E-state index in [-0.39, 0.29) is 13.2 Å². The first kappa shape index (κ1) is 19.0. The van der Waals surface area contributed by atoms with Gasteiger partial charge in [-0.3, -0.25) is 0 Å². The number of rotatable bonds is 10. The predicted molar refractivity (Wildman–Crippen MR) is 76.8 cm³/mol. The lowest BCUT2D eigenvalue weighted by Gasteiger charge is -2.20. The molecule has 0 amide bonds. The number of hydrogen-bond acceptors (Lipinski definition) is 5. The highest BCUT2D eigenvalue weighted by molar-refractivity contribution is 7.33. The van der Waals surface area contributed by atoms with Gasteiger partial charge in [0.1, 0.15) is 13.2 Å². The van der Waals surface area contributed by atoms with Crippen molar-refractivity contribution in [1.82, 2.24) is 0 Å². The van der Waals surface area contributed by atoms with E-state index in [0.29, 0.717) is 25.7 Å². The summed E-state index contributed by atoms with van der Waals surface area (Å²) in [5, 5.41) is 18.3. The first-order valence-corrected chi connectivity index (χ1v) is 8.12. The van der Waals surface area contributed by atoms with Gasteiger partial charge < -0.3 is 0 Å². The second kappa shape index (κ2) is 9.03. The van der Waals surface area contributed by atoms with Crippen molar-refractivity contribution in [2.75, 3.05) is 13.2 Å². The minimum absolute atomic E-state index is 0.0868. The lowest BCUT2D eigenvalue weighted by atomic mass is 9.85. The van der Waals surface area contributed by atoms with Crippen LogP contribution in [-0.2, 0) is 13.6 Å². The van der Waals surface area contributed by atoms with E-state index >= 15 is 0 Å². The molecule has 0 spiro atoms. The topological polar surface area (TPSA) is 83.1 Å². The normalized spacial score (nSPS) is 11.7. The molecule has 20 heavy (non-hydrogen) atoms. The minimum Gasteiger partial charge on any atom is -0.198 e. The fourth-order valence-electron chi connectivity index (χ4n) is 1.68. The van der Waals surface area contributed by atoms with Gasteiger partial charge in [0.15, 0.2) is 0 Å². The summed E-state index contributed by atoms with van der Waals surface area (Å²) in [7, 11) is -2.30. The van der Waals surface area contributed by atoms with Gasteiger partial charge in [-0.25, -0.2) is 0 Å². The van der Waals surface area contributed by atoms with Crippen LogP contribution < -0.4 is 0 Å². The Kier molecular flexibility index (Phi) is 8.58. The molecule has 0 aliphatic rings. The summed E-state index contributed by atoms with van der Waals surface area (Å²) < 4.78 is 22.0. The fraction of sp³-hybridized carbons (Fsp3) is 0.857. The standard InChI is InChI=1S/C14H24N2O3P/c1-5-13(6-2,9-15)11-18-20(17)19-12-14(7-3,8-4)10-16/h5-8,11-12H2,1-4H3/q+1. The number of hydrogen-bond donors (Lipinski definition) is 0. The van der Waals surface area contributed by atoms with Crippen LogP contribution in [0.3, 0.4) is 0 Å². The Hall–Kier alpha value is -1.00. The SMILES string of the molecule is CCC(C#N)(CC)CO[P+](=O)OCC(C#N)(CC)CC. The molecule has 0 fully saturated rings. The molecule has 0 atom stereocenters. The van der Waals surface area contributed by atoms with Gasteiger partial charge in [0.05, 0.1) is 23.0 Å². The van der Waals surface area contributed by atoms with Gasteiger partial charge >= 0.3 is 8.25 Å². The van der Waals surface area contributed by atoms with E-state index in [0.717, 1.165) is 0 Å². The Morgan fingerprint density at radius 2 is 1.15 bits per heavy atom. The first-order chi connectivity index (χ1) is 9.46. The molecule has 0 saturated heterocycles. The summed E-state index contributed by atoms with van der Waals surface area (Å²) in [6.07, 6.45) is 2.54. The van der Waals surface area contributed by atoms with Crippen molar-refractivity contribution in [3.63, 3.8) is 0 Å². The van der Waals surface area contributed by atoms with E-state index in [1.807, 2.05) is 27.7 Å². The summed E-state index contributed by atoms with van der Waals surface area (Å²) in [6.45, 7) is 7.78. The molecular weight excluding hydrogens is 275 g/mol. The molecule has 6 heteroatoms. The van der Waals surface area contributed by atoms with Gasteiger partial charge in [0, 0.05) is 4.57 Å². The van der Waals surface area contributed by atoms with E-state index in [2.05, 4.69) is 12.1 Å². The van der Waals surface area contributed by atoms with Gasteiger partial charge in [0.25, 0.3) is 0 Å². The molecule has 0 aliphatic carbocycles. The smallest absolute Gasteiger partial charge is 0.198 e. The van der Waals surface area contributed by atoms with Crippen molar-refractivity contribution in [3.05, 3.63) is 0 Å². The molecule has 0 N–H and O–H groups in total. The largest absolute Gasteiger partial charge is 0.697 e. The lowest BCUT2D eigenvalue weighted by Crippen LogP contribution is -2.24. The molecule has 0 radical (unpaired) electrons. The third-order valence-electron chi connectivity index (χ3n) is 4.07. The molecular formula is C14H24N2O3P+. The Morgan fingerprint density at radius 3 is 1.35 bits per heavy atom. The summed E-state index contributed by atoms with van der Waals surface area (Å²) in [4.78, 5) is 0. The molecule has 0 bridgehead atoms. The third kappa shape index (κ3) is 5.17. The van der Waals surface area contributed by atoms with Gasteiger partial charge in [-0.1, -0.05) is 27.7 Å². The highest BCUT2D eigenvalue weighted by Crippen LogP contribution is 2.35. The van der Waals surface area contributed by atoms with Crippen LogP contribution in [-0.4, -0.2) is 13.2 Å². The van der Waals surface area contributed by atoms with E-state index in [4.69, 9.17) is 19.6 Å². The summed E-state index contributed by atoms with van der Waals surface area (Å²) in [5.41, 5.74) is -1.23. The predicted octanol–water partition coefficient (Wildman–Crippen LogP) is 4.34. The van der Waals surface area contributed by atoms with Crippen molar-refractivity contribution >= 4 is 8.25 Å². The minimum atomic E-state index is -2.30. The van der Waals surface area contributed by atoms with Crippen LogP contribution in [0.4, 0.5) is 0 Å².